The summed E-state index contributed by atoms with van der Waals surface area (Å²) < 4.78 is 54.4. The van der Waals surface area contributed by atoms with Gasteiger partial charge in [-0.05, 0) is 38.7 Å². The molecule has 21 heavy (non-hydrogen) atoms. The fourth-order valence-electron chi connectivity index (χ4n) is 1.56. The van der Waals surface area contributed by atoms with Crippen LogP contribution in [0.3, 0.4) is 0 Å². The first-order chi connectivity index (χ1) is 9.75. The first-order valence-electron chi connectivity index (χ1n) is 6.01. The highest BCUT2D eigenvalue weighted by molar-refractivity contribution is 14.1. The van der Waals surface area contributed by atoms with E-state index in [1.165, 1.54) is 0 Å². The van der Waals surface area contributed by atoms with Gasteiger partial charge in [-0.3, -0.25) is 5.21 Å². The molecule has 0 amide bonds. The van der Waals surface area contributed by atoms with E-state index in [2.05, 4.69) is 0 Å². The standard InChI is InChI=1S/C12H16F3IN2O3/c1-17(2)6-3-7-21-11-5-4-9(12(13,14)15)8-10(11)18(20)16-19/h4-5,8,20H,3,6-7H2,1-2H3. The zero-order valence-electron chi connectivity index (χ0n) is 11.5. The van der Waals surface area contributed by atoms with Gasteiger partial charge in [-0.1, -0.05) is 0 Å². The minimum atomic E-state index is -4.54. The Morgan fingerprint density at radius 2 is 2.00 bits per heavy atom. The van der Waals surface area contributed by atoms with Crippen LogP contribution >= 0.6 is 21.5 Å². The Morgan fingerprint density at radius 1 is 1.33 bits per heavy atom. The molecule has 0 heterocycles. The molecule has 0 fully saturated rings. The van der Waals surface area contributed by atoms with E-state index in [-0.39, 0.29) is 18.0 Å². The lowest BCUT2D eigenvalue weighted by Gasteiger charge is -2.17. The molecule has 0 radical (unpaired) electrons. The second kappa shape index (κ2) is 7.90. The van der Waals surface area contributed by atoms with E-state index in [4.69, 9.17) is 4.74 Å². The summed E-state index contributed by atoms with van der Waals surface area (Å²) in [5.41, 5.74) is -1.17. The average molecular weight is 420 g/mol. The molecule has 0 atom stereocenters. The maximum Gasteiger partial charge on any atom is 0.416 e. The van der Waals surface area contributed by atoms with Gasteiger partial charge in [0.15, 0.2) is 0 Å². The molecule has 0 saturated heterocycles. The molecule has 1 aromatic rings. The van der Waals surface area contributed by atoms with Crippen LogP contribution in [-0.4, -0.2) is 37.4 Å². The number of hydrogen-bond donors (Lipinski definition) is 1. The minimum Gasteiger partial charge on any atom is -0.491 e. The number of hydrogen-bond acceptors (Lipinski definition) is 4. The van der Waals surface area contributed by atoms with E-state index in [0.29, 0.717) is 9.70 Å². The van der Waals surface area contributed by atoms with E-state index in [1.54, 1.807) is 0 Å². The van der Waals surface area contributed by atoms with Crippen molar-refractivity contribution in [2.75, 3.05) is 30.5 Å². The summed E-state index contributed by atoms with van der Waals surface area (Å²) in [5.74, 6) is 0.0693. The Labute approximate surface area is 131 Å². The Kier molecular flexibility index (Phi) is 6.81. The van der Waals surface area contributed by atoms with Gasteiger partial charge in [0.05, 0.1) is 12.2 Å². The number of alkyl halides is 3. The maximum atomic E-state index is 12.6. The number of benzene rings is 1. The molecule has 1 rings (SSSR count). The molecule has 120 valence electrons. The van der Waals surface area contributed by atoms with Crippen LogP contribution in [0.5, 0.6) is 5.75 Å². The Bertz CT molecular complexity index is 483. The van der Waals surface area contributed by atoms with Crippen LogP contribution in [0.4, 0.5) is 18.9 Å². The van der Waals surface area contributed by atoms with E-state index >= 15 is 0 Å². The molecule has 0 unspecified atom stereocenters. The molecule has 0 bridgehead atoms. The highest BCUT2D eigenvalue weighted by Crippen LogP contribution is 2.37. The molecule has 9 heteroatoms. The molecule has 0 aliphatic heterocycles. The SMILES string of the molecule is CN(C)CCCOc1ccc(C(F)(F)F)cc1N(O)I=O. The molecule has 0 aliphatic rings. The van der Waals surface area contributed by atoms with Gasteiger partial charge in [0, 0.05) is 6.54 Å². The van der Waals surface area contributed by atoms with Crippen LogP contribution in [0, 0.1) is 0 Å². The minimum absolute atomic E-state index is 0.0693. The third kappa shape index (κ3) is 5.75. The molecular formula is C12H16F3IN2O3. The van der Waals surface area contributed by atoms with Crippen LogP contribution < -0.4 is 8.01 Å². The zero-order chi connectivity index (χ0) is 16.0. The predicted octanol–water partition coefficient (Wildman–Crippen LogP) is 3.46. The Hall–Kier alpha value is -0.940. The lowest BCUT2D eigenvalue weighted by atomic mass is 10.2. The normalized spacial score (nSPS) is 11.8. The quantitative estimate of drug-likeness (QED) is 0.317. The number of ether oxygens (including phenoxy) is 1. The van der Waals surface area contributed by atoms with Gasteiger partial charge in [-0.25, -0.2) is 3.07 Å². The number of halogens is 4. The second-order valence-electron chi connectivity index (χ2n) is 4.51. The summed E-state index contributed by atoms with van der Waals surface area (Å²) in [5, 5.41) is 9.46. The highest BCUT2D eigenvalue weighted by Gasteiger charge is 2.32. The zero-order valence-corrected chi connectivity index (χ0v) is 13.7. The summed E-state index contributed by atoms with van der Waals surface area (Å²) in [6, 6.07) is 2.71. The van der Waals surface area contributed by atoms with Crippen molar-refractivity contribution in [3.05, 3.63) is 23.8 Å². The van der Waals surface area contributed by atoms with Crippen molar-refractivity contribution in [1.29, 1.82) is 0 Å². The summed E-state index contributed by atoms with van der Waals surface area (Å²) >= 11 is -2.05. The van der Waals surface area contributed by atoms with Gasteiger partial charge < -0.3 is 9.64 Å². The van der Waals surface area contributed by atoms with Gasteiger partial charge >= 0.3 is 6.18 Å². The molecule has 0 saturated carbocycles. The topological polar surface area (TPSA) is 53.0 Å². The van der Waals surface area contributed by atoms with Crippen molar-refractivity contribution in [2.45, 2.75) is 12.6 Å². The molecule has 1 N–H and O–H groups in total. The van der Waals surface area contributed by atoms with Crippen molar-refractivity contribution in [2.24, 2.45) is 0 Å². The Morgan fingerprint density at radius 3 is 2.52 bits per heavy atom. The molecule has 0 spiro atoms. The van der Waals surface area contributed by atoms with Gasteiger partial charge in [0.25, 0.3) is 21.5 Å². The van der Waals surface area contributed by atoms with Crippen LogP contribution in [0.25, 0.3) is 0 Å². The monoisotopic (exact) mass is 420 g/mol. The summed E-state index contributed by atoms with van der Waals surface area (Å²) in [6.07, 6.45) is -3.87. The molecule has 0 aromatic heterocycles. The maximum absolute atomic E-state index is 12.6. The van der Waals surface area contributed by atoms with Gasteiger partial charge in [-0.2, -0.15) is 16.4 Å². The summed E-state index contributed by atoms with van der Waals surface area (Å²) in [7, 11) is 3.78. The highest BCUT2D eigenvalue weighted by atomic mass is 127. The Balaban J connectivity index is 2.89. The first-order valence-corrected chi connectivity index (χ1v) is 7.85. The van der Waals surface area contributed by atoms with Crippen molar-refractivity contribution in [1.82, 2.24) is 4.90 Å². The van der Waals surface area contributed by atoms with Gasteiger partial charge in [-0.15, -0.1) is 0 Å². The summed E-state index contributed by atoms with van der Waals surface area (Å²) in [4.78, 5) is 1.94. The second-order valence-corrected chi connectivity index (χ2v) is 5.82. The van der Waals surface area contributed by atoms with Gasteiger partial charge in [0.2, 0.25) is 0 Å². The third-order valence-corrected chi connectivity index (χ3v) is 3.45. The number of anilines is 1. The lowest BCUT2D eigenvalue weighted by molar-refractivity contribution is -0.137. The van der Waals surface area contributed by atoms with E-state index in [0.717, 1.165) is 24.7 Å². The van der Waals surface area contributed by atoms with Crippen LogP contribution in [0.2, 0.25) is 0 Å². The van der Waals surface area contributed by atoms with Crippen LogP contribution in [-0.2, 0) is 9.25 Å². The summed E-state index contributed by atoms with van der Waals surface area (Å²) in [6.45, 7) is 1.04. The van der Waals surface area contributed by atoms with Crippen molar-refractivity contribution in [3.8, 4) is 5.75 Å². The number of nitrogens with zero attached hydrogens (tertiary/aromatic N) is 2. The van der Waals surface area contributed by atoms with Crippen molar-refractivity contribution in [3.63, 3.8) is 0 Å². The fraction of sp³-hybridized carbons (Fsp3) is 0.500. The van der Waals surface area contributed by atoms with Crippen LogP contribution in [0.1, 0.15) is 12.0 Å². The van der Waals surface area contributed by atoms with E-state index in [1.807, 2.05) is 19.0 Å². The number of rotatable bonds is 7. The van der Waals surface area contributed by atoms with Crippen molar-refractivity contribution >= 4 is 27.2 Å². The molecule has 0 aliphatic carbocycles. The average Bonchev–Trinajstić information content (AvgIpc) is 2.41. The van der Waals surface area contributed by atoms with Gasteiger partial charge in [0.1, 0.15) is 11.4 Å². The van der Waals surface area contributed by atoms with E-state index in [9.17, 15) is 21.4 Å². The van der Waals surface area contributed by atoms with E-state index < -0.39 is 33.2 Å². The molecule has 5 nitrogen and oxygen atoms in total. The van der Waals surface area contributed by atoms with Crippen LogP contribution in [0.15, 0.2) is 18.2 Å². The first kappa shape index (κ1) is 18.1. The van der Waals surface area contributed by atoms with Crippen molar-refractivity contribution < 1.29 is 26.2 Å². The predicted molar refractivity (Wildman–Crippen MR) is 79.1 cm³/mol. The molecule has 1 aromatic carbocycles. The largest absolute Gasteiger partial charge is 0.491 e. The molecular weight excluding hydrogens is 404 g/mol. The smallest absolute Gasteiger partial charge is 0.416 e. The lowest BCUT2D eigenvalue weighted by Crippen LogP contribution is -2.16. The third-order valence-electron chi connectivity index (χ3n) is 2.56. The fourth-order valence-corrected chi connectivity index (χ4v) is 2.15.